The first kappa shape index (κ1) is 16.7. The molecule has 128 valence electrons. The second kappa shape index (κ2) is 7.16. The van der Waals surface area contributed by atoms with E-state index in [1.54, 1.807) is 31.3 Å². The SMILES string of the molecule is CN(Cc1cccc(F)c1)C(=O)Cn1nnc(-c2cccc(F)c2)n1. The molecule has 0 aliphatic heterocycles. The Bertz CT molecular complexity index is 896. The average molecular weight is 343 g/mol. The smallest absolute Gasteiger partial charge is 0.246 e. The van der Waals surface area contributed by atoms with Crippen LogP contribution in [0.3, 0.4) is 0 Å². The fourth-order valence-electron chi connectivity index (χ4n) is 2.29. The van der Waals surface area contributed by atoms with Crippen LogP contribution in [0.4, 0.5) is 8.78 Å². The molecular weight excluding hydrogens is 328 g/mol. The number of halogens is 2. The van der Waals surface area contributed by atoms with Crippen LogP contribution >= 0.6 is 0 Å². The van der Waals surface area contributed by atoms with Crippen molar-refractivity contribution in [3.8, 4) is 11.4 Å². The molecule has 3 aromatic rings. The van der Waals surface area contributed by atoms with Gasteiger partial charge in [0.2, 0.25) is 11.7 Å². The molecule has 0 N–H and O–H groups in total. The Morgan fingerprint density at radius 2 is 1.84 bits per heavy atom. The minimum Gasteiger partial charge on any atom is -0.340 e. The lowest BCUT2D eigenvalue weighted by Crippen LogP contribution is -2.30. The molecule has 0 aliphatic rings. The van der Waals surface area contributed by atoms with Gasteiger partial charge in [-0.05, 0) is 35.0 Å². The van der Waals surface area contributed by atoms with Crippen LogP contribution < -0.4 is 0 Å². The summed E-state index contributed by atoms with van der Waals surface area (Å²) in [6, 6.07) is 11.9. The van der Waals surface area contributed by atoms with Crippen LogP contribution in [0.25, 0.3) is 11.4 Å². The maximum Gasteiger partial charge on any atom is 0.246 e. The maximum absolute atomic E-state index is 13.2. The summed E-state index contributed by atoms with van der Waals surface area (Å²) in [6.45, 7) is 0.149. The Labute approximate surface area is 142 Å². The van der Waals surface area contributed by atoms with Crippen LogP contribution in [0.2, 0.25) is 0 Å². The number of amides is 1. The molecule has 2 aromatic carbocycles. The largest absolute Gasteiger partial charge is 0.340 e. The van der Waals surface area contributed by atoms with Gasteiger partial charge in [0.25, 0.3) is 0 Å². The van der Waals surface area contributed by atoms with Gasteiger partial charge in [-0.1, -0.05) is 24.3 Å². The summed E-state index contributed by atoms with van der Waals surface area (Å²) in [5.74, 6) is -0.775. The van der Waals surface area contributed by atoms with E-state index in [2.05, 4.69) is 15.4 Å². The molecule has 8 heteroatoms. The van der Waals surface area contributed by atoms with E-state index in [0.717, 1.165) is 4.80 Å². The van der Waals surface area contributed by atoms with Gasteiger partial charge in [-0.2, -0.15) is 4.80 Å². The highest BCUT2D eigenvalue weighted by Gasteiger charge is 2.14. The Morgan fingerprint density at radius 1 is 1.12 bits per heavy atom. The van der Waals surface area contributed by atoms with Gasteiger partial charge < -0.3 is 4.90 Å². The van der Waals surface area contributed by atoms with Gasteiger partial charge in [-0.3, -0.25) is 4.79 Å². The quantitative estimate of drug-likeness (QED) is 0.713. The van der Waals surface area contributed by atoms with E-state index in [1.807, 2.05) is 0 Å². The number of carbonyl (C=O) groups excluding carboxylic acids is 1. The van der Waals surface area contributed by atoms with E-state index in [9.17, 15) is 13.6 Å². The fraction of sp³-hybridized carbons (Fsp3) is 0.176. The summed E-state index contributed by atoms with van der Waals surface area (Å²) in [5.41, 5.74) is 1.16. The number of likely N-dealkylation sites (N-methyl/N-ethyl adjacent to an activating group) is 1. The number of tetrazole rings is 1. The zero-order valence-electron chi connectivity index (χ0n) is 13.4. The standard InChI is InChI=1S/C17H15F2N5O/c1-23(10-12-4-2-6-14(18)8-12)16(25)11-24-21-17(20-22-24)13-5-3-7-15(19)9-13/h2-9H,10-11H2,1H3. The third-order valence-corrected chi connectivity index (χ3v) is 3.55. The number of benzene rings is 2. The molecule has 0 bridgehead atoms. The van der Waals surface area contributed by atoms with Gasteiger partial charge in [0.1, 0.15) is 18.2 Å². The summed E-state index contributed by atoms with van der Waals surface area (Å²) in [4.78, 5) is 14.8. The second-order valence-corrected chi connectivity index (χ2v) is 5.53. The number of aromatic nitrogens is 4. The highest BCUT2D eigenvalue weighted by molar-refractivity contribution is 5.75. The lowest BCUT2D eigenvalue weighted by molar-refractivity contribution is -0.131. The zero-order valence-corrected chi connectivity index (χ0v) is 13.4. The van der Waals surface area contributed by atoms with E-state index in [-0.39, 0.29) is 30.6 Å². The van der Waals surface area contributed by atoms with Crippen molar-refractivity contribution in [2.75, 3.05) is 7.05 Å². The molecule has 0 unspecified atom stereocenters. The number of carbonyl (C=O) groups is 1. The molecular formula is C17H15F2N5O. The molecule has 3 rings (SSSR count). The number of nitrogens with zero attached hydrogens (tertiary/aromatic N) is 5. The third-order valence-electron chi connectivity index (χ3n) is 3.55. The minimum atomic E-state index is -0.403. The van der Waals surface area contributed by atoms with Gasteiger partial charge in [-0.15, -0.1) is 10.2 Å². The molecule has 0 saturated carbocycles. The predicted molar refractivity (Wildman–Crippen MR) is 86.1 cm³/mol. The minimum absolute atomic E-state index is 0.117. The fourth-order valence-corrected chi connectivity index (χ4v) is 2.29. The molecule has 0 radical (unpaired) electrons. The highest BCUT2D eigenvalue weighted by Crippen LogP contribution is 2.14. The van der Waals surface area contributed by atoms with E-state index in [4.69, 9.17) is 0 Å². The normalized spacial score (nSPS) is 10.7. The molecule has 0 fully saturated rings. The van der Waals surface area contributed by atoms with Crippen molar-refractivity contribution < 1.29 is 13.6 Å². The second-order valence-electron chi connectivity index (χ2n) is 5.53. The molecule has 1 aromatic heterocycles. The average Bonchev–Trinajstić information content (AvgIpc) is 3.03. The van der Waals surface area contributed by atoms with Crippen LogP contribution in [-0.2, 0) is 17.9 Å². The molecule has 0 spiro atoms. The molecule has 25 heavy (non-hydrogen) atoms. The zero-order chi connectivity index (χ0) is 17.8. The first-order chi connectivity index (χ1) is 12.0. The van der Waals surface area contributed by atoms with Gasteiger partial charge in [-0.25, -0.2) is 8.78 Å². The van der Waals surface area contributed by atoms with Crippen molar-refractivity contribution in [1.29, 1.82) is 0 Å². The topological polar surface area (TPSA) is 63.9 Å². The third kappa shape index (κ3) is 4.23. The van der Waals surface area contributed by atoms with Crippen LogP contribution in [0.5, 0.6) is 0 Å². The molecule has 1 amide bonds. The van der Waals surface area contributed by atoms with Crippen LogP contribution in [0.1, 0.15) is 5.56 Å². The van der Waals surface area contributed by atoms with Crippen LogP contribution in [-0.4, -0.2) is 38.1 Å². The van der Waals surface area contributed by atoms with E-state index in [1.165, 1.54) is 29.2 Å². The number of rotatable bonds is 5. The highest BCUT2D eigenvalue weighted by atomic mass is 19.1. The molecule has 1 heterocycles. The molecule has 0 saturated heterocycles. The summed E-state index contributed by atoms with van der Waals surface area (Å²) < 4.78 is 26.4. The summed E-state index contributed by atoms with van der Waals surface area (Å²) in [7, 11) is 1.61. The van der Waals surface area contributed by atoms with Gasteiger partial charge in [0.05, 0.1) is 0 Å². The molecule has 0 aliphatic carbocycles. The monoisotopic (exact) mass is 343 g/mol. The van der Waals surface area contributed by atoms with Gasteiger partial charge in [0.15, 0.2) is 0 Å². The number of hydrogen-bond acceptors (Lipinski definition) is 4. The number of hydrogen-bond donors (Lipinski definition) is 0. The molecule has 0 atom stereocenters. The first-order valence-corrected chi connectivity index (χ1v) is 7.53. The van der Waals surface area contributed by atoms with Crippen molar-refractivity contribution in [2.45, 2.75) is 13.1 Å². The Kier molecular flexibility index (Phi) is 4.78. The van der Waals surface area contributed by atoms with Crippen molar-refractivity contribution in [3.63, 3.8) is 0 Å². The van der Waals surface area contributed by atoms with E-state index < -0.39 is 5.82 Å². The van der Waals surface area contributed by atoms with Gasteiger partial charge >= 0.3 is 0 Å². The first-order valence-electron chi connectivity index (χ1n) is 7.53. The van der Waals surface area contributed by atoms with Crippen molar-refractivity contribution in [1.82, 2.24) is 25.1 Å². The van der Waals surface area contributed by atoms with E-state index >= 15 is 0 Å². The van der Waals surface area contributed by atoms with Crippen LogP contribution in [0.15, 0.2) is 48.5 Å². The Balaban J connectivity index is 1.65. The van der Waals surface area contributed by atoms with Gasteiger partial charge in [0, 0.05) is 19.2 Å². The van der Waals surface area contributed by atoms with Crippen molar-refractivity contribution >= 4 is 5.91 Å². The lowest BCUT2D eigenvalue weighted by atomic mass is 10.2. The summed E-state index contributed by atoms with van der Waals surface area (Å²) in [6.07, 6.45) is 0. The summed E-state index contributed by atoms with van der Waals surface area (Å²) >= 11 is 0. The van der Waals surface area contributed by atoms with Crippen molar-refractivity contribution in [2.24, 2.45) is 0 Å². The lowest BCUT2D eigenvalue weighted by Gasteiger charge is -2.16. The molecule has 6 nitrogen and oxygen atoms in total. The van der Waals surface area contributed by atoms with E-state index in [0.29, 0.717) is 11.1 Å². The van der Waals surface area contributed by atoms with Crippen LogP contribution in [0, 0.1) is 11.6 Å². The predicted octanol–water partition coefficient (Wildman–Crippen LogP) is 2.28. The maximum atomic E-state index is 13.2. The Hall–Kier alpha value is -3.16. The van der Waals surface area contributed by atoms with Crippen molar-refractivity contribution in [3.05, 3.63) is 65.7 Å². The summed E-state index contributed by atoms with van der Waals surface area (Å²) in [5, 5.41) is 11.7. The Morgan fingerprint density at radius 3 is 2.56 bits per heavy atom.